The fraction of sp³-hybridized carbons (Fsp3) is 0.263. The molecule has 0 bridgehead atoms. The molecule has 1 atom stereocenters. The van der Waals surface area contributed by atoms with Crippen LogP contribution in [0.1, 0.15) is 41.0 Å². The van der Waals surface area contributed by atoms with E-state index in [0.717, 1.165) is 27.5 Å². The molecule has 0 radical (unpaired) electrons. The van der Waals surface area contributed by atoms with Gasteiger partial charge in [0.05, 0.1) is 30.9 Å². The first-order valence-electron chi connectivity index (χ1n) is 8.56. The number of thiazole rings is 1. The summed E-state index contributed by atoms with van der Waals surface area (Å²) in [6, 6.07) is 7.67. The lowest BCUT2D eigenvalue weighted by molar-refractivity contribution is 0.213. The number of fused-ring (bicyclic) bond motifs is 1. The van der Waals surface area contributed by atoms with Gasteiger partial charge in [-0.15, -0.1) is 11.3 Å². The fourth-order valence-corrected chi connectivity index (χ4v) is 4.54. The molecule has 5 rings (SSSR count). The van der Waals surface area contributed by atoms with E-state index in [0.29, 0.717) is 5.92 Å². The van der Waals surface area contributed by atoms with E-state index < -0.39 is 6.10 Å². The molecule has 3 aromatic heterocycles. The number of benzene rings is 1. The zero-order valence-corrected chi connectivity index (χ0v) is 15.1. The van der Waals surface area contributed by atoms with Gasteiger partial charge in [-0.05, 0) is 43.0 Å². The Hall–Kier alpha value is -2.64. The minimum Gasteiger partial charge on any atom is -0.497 e. The Morgan fingerprint density at radius 3 is 2.77 bits per heavy atom. The van der Waals surface area contributed by atoms with Gasteiger partial charge < -0.3 is 9.84 Å². The predicted molar refractivity (Wildman–Crippen MR) is 99.2 cm³/mol. The van der Waals surface area contributed by atoms with E-state index in [9.17, 15) is 5.11 Å². The van der Waals surface area contributed by atoms with Gasteiger partial charge in [-0.1, -0.05) is 0 Å². The highest BCUT2D eigenvalue weighted by atomic mass is 32.1. The highest BCUT2D eigenvalue weighted by Crippen LogP contribution is 2.47. The molecule has 0 saturated heterocycles. The fourth-order valence-electron chi connectivity index (χ4n) is 3.24. The standard InChI is InChI=1S/C19H18N4O2S/c1-25-15-6-4-14(5-7-15)23-10-13(8-21-23)18(24)17-19(12-2-3-12)26-16-9-20-11-22(16)17/h4-12,18,24H,2-3H2,1H3. The van der Waals surface area contributed by atoms with Crippen molar-refractivity contribution in [2.75, 3.05) is 7.11 Å². The number of nitrogens with zero attached hydrogens (tertiary/aromatic N) is 4. The van der Waals surface area contributed by atoms with Crippen LogP contribution in [0, 0.1) is 0 Å². The van der Waals surface area contributed by atoms with Crippen LogP contribution in [0.25, 0.3) is 10.5 Å². The second-order valence-electron chi connectivity index (χ2n) is 6.55. The molecule has 0 aliphatic heterocycles. The van der Waals surface area contributed by atoms with Crippen LogP contribution in [-0.2, 0) is 0 Å². The van der Waals surface area contributed by atoms with E-state index in [4.69, 9.17) is 4.74 Å². The van der Waals surface area contributed by atoms with Crippen LogP contribution in [-0.4, -0.2) is 31.4 Å². The zero-order chi connectivity index (χ0) is 17.7. The highest BCUT2D eigenvalue weighted by molar-refractivity contribution is 7.17. The first-order chi connectivity index (χ1) is 12.7. The van der Waals surface area contributed by atoms with Gasteiger partial charge in [-0.3, -0.25) is 4.40 Å². The number of hydrogen-bond acceptors (Lipinski definition) is 5. The minimum absolute atomic E-state index is 0.571. The highest BCUT2D eigenvalue weighted by Gasteiger charge is 2.33. The maximum Gasteiger partial charge on any atom is 0.124 e. The molecule has 1 aromatic carbocycles. The Morgan fingerprint density at radius 1 is 1.23 bits per heavy atom. The first-order valence-corrected chi connectivity index (χ1v) is 9.38. The number of aliphatic hydroxyl groups excluding tert-OH is 1. The number of aliphatic hydroxyl groups is 1. The lowest BCUT2D eigenvalue weighted by Gasteiger charge is -2.10. The summed E-state index contributed by atoms with van der Waals surface area (Å²) in [6.07, 6.45) is 8.91. The van der Waals surface area contributed by atoms with Crippen molar-refractivity contribution in [3.05, 3.63) is 65.3 Å². The molecule has 1 aliphatic rings. The maximum absolute atomic E-state index is 11.1. The van der Waals surface area contributed by atoms with Crippen LogP contribution in [0.5, 0.6) is 5.75 Å². The summed E-state index contributed by atoms with van der Waals surface area (Å²) in [7, 11) is 1.65. The predicted octanol–water partition coefficient (Wildman–Crippen LogP) is 3.55. The Kier molecular flexibility index (Phi) is 3.58. The molecule has 7 heteroatoms. The van der Waals surface area contributed by atoms with E-state index in [1.165, 1.54) is 17.7 Å². The summed E-state index contributed by atoms with van der Waals surface area (Å²) < 4.78 is 8.97. The van der Waals surface area contributed by atoms with Crippen molar-refractivity contribution in [3.63, 3.8) is 0 Å². The van der Waals surface area contributed by atoms with Crippen LogP contribution >= 0.6 is 11.3 Å². The molecule has 132 valence electrons. The molecular weight excluding hydrogens is 348 g/mol. The lowest BCUT2D eigenvalue weighted by Crippen LogP contribution is -2.05. The molecule has 3 heterocycles. The van der Waals surface area contributed by atoms with Crippen molar-refractivity contribution in [2.45, 2.75) is 24.9 Å². The first kappa shape index (κ1) is 15.6. The van der Waals surface area contributed by atoms with Crippen LogP contribution in [0.3, 0.4) is 0 Å². The average molecular weight is 366 g/mol. The van der Waals surface area contributed by atoms with Gasteiger partial charge in [-0.25, -0.2) is 9.67 Å². The van der Waals surface area contributed by atoms with Crippen molar-refractivity contribution in [2.24, 2.45) is 0 Å². The maximum atomic E-state index is 11.1. The van der Waals surface area contributed by atoms with Crippen molar-refractivity contribution in [3.8, 4) is 11.4 Å². The number of ether oxygens (including phenoxy) is 1. The van der Waals surface area contributed by atoms with E-state index in [1.54, 1.807) is 35.7 Å². The van der Waals surface area contributed by atoms with E-state index in [1.807, 2.05) is 41.1 Å². The van der Waals surface area contributed by atoms with Gasteiger partial charge in [0, 0.05) is 16.6 Å². The third-order valence-corrected chi connectivity index (χ3v) is 6.07. The Labute approximate surface area is 154 Å². The normalized spacial score (nSPS) is 15.5. The Balaban J connectivity index is 1.51. The molecule has 6 nitrogen and oxygen atoms in total. The summed E-state index contributed by atoms with van der Waals surface area (Å²) >= 11 is 1.73. The van der Waals surface area contributed by atoms with Crippen LogP contribution in [0.2, 0.25) is 0 Å². The minimum atomic E-state index is -0.722. The Morgan fingerprint density at radius 2 is 2.04 bits per heavy atom. The number of hydrogen-bond donors (Lipinski definition) is 1. The monoisotopic (exact) mass is 366 g/mol. The zero-order valence-electron chi connectivity index (χ0n) is 14.2. The SMILES string of the molecule is COc1ccc(-n2cc(C(O)c3c(C4CC4)sc4cncn34)cn2)cc1. The van der Waals surface area contributed by atoms with Crippen LogP contribution in [0.15, 0.2) is 49.2 Å². The lowest BCUT2D eigenvalue weighted by atomic mass is 10.1. The van der Waals surface area contributed by atoms with Gasteiger partial charge >= 0.3 is 0 Å². The molecule has 26 heavy (non-hydrogen) atoms. The largest absolute Gasteiger partial charge is 0.497 e. The topological polar surface area (TPSA) is 64.6 Å². The second kappa shape index (κ2) is 5.96. The molecule has 1 aliphatic carbocycles. The van der Waals surface area contributed by atoms with Gasteiger partial charge in [0.2, 0.25) is 0 Å². The van der Waals surface area contributed by atoms with Crippen molar-refractivity contribution in [1.82, 2.24) is 19.2 Å². The van der Waals surface area contributed by atoms with Crippen LogP contribution < -0.4 is 4.74 Å². The summed E-state index contributed by atoms with van der Waals surface area (Å²) in [5, 5.41) is 15.5. The summed E-state index contributed by atoms with van der Waals surface area (Å²) in [6.45, 7) is 0. The van der Waals surface area contributed by atoms with Gasteiger partial charge in [0.25, 0.3) is 0 Å². The van der Waals surface area contributed by atoms with Crippen molar-refractivity contribution < 1.29 is 9.84 Å². The number of aromatic nitrogens is 4. The molecule has 1 fully saturated rings. The number of methoxy groups -OCH3 is 1. The van der Waals surface area contributed by atoms with Crippen LogP contribution in [0.4, 0.5) is 0 Å². The molecule has 1 N–H and O–H groups in total. The number of rotatable bonds is 5. The third-order valence-electron chi connectivity index (χ3n) is 4.79. The van der Waals surface area contributed by atoms with Crippen molar-refractivity contribution in [1.29, 1.82) is 0 Å². The van der Waals surface area contributed by atoms with E-state index in [-0.39, 0.29) is 0 Å². The van der Waals surface area contributed by atoms with Gasteiger partial charge in [0.15, 0.2) is 0 Å². The summed E-state index contributed by atoms with van der Waals surface area (Å²) in [4.78, 5) is 6.56. The van der Waals surface area contributed by atoms with Gasteiger partial charge in [0.1, 0.15) is 23.0 Å². The summed E-state index contributed by atoms with van der Waals surface area (Å²) in [5.41, 5.74) is 2.63. The molecule has 0 amide bonds. The third kappa shape index (κ3) is 2.51. The molecule has 0 spiro atoms. The molecule has 4 aromatic rings. The van der Waals surface area contributed by atoms with E-state index in [2.05, 4.69) is 10.1 Å². The molecule has 1 saturated carbocycles. The van der Waals surface area contributed by atoms with Gasteiger partial charge in [-0.2, -0.15) is 5.10 Å². The molecular formula is C19H18N4O2S. The molecule has 1 unspecified atom stereocenters. The van der Waals surface area contributed by atoms with Crippen molar-refractivity contribution >= 4 is 16.2 Å². The van der Waals surface area contributed by atoms with E-state index >= 15 is 0 Å². The average Bonchev–Trinajstić information content (AvgIpc) is 3.09. The quantitative estimate of drug-likeness (QED) is 0.587. The smallest absolute Gasteiger partial charge is 0.124 e. The summed E-state index contributed by atoms with van der Waals surface area (Å²) in [5.74, 6) is 1.37. The Bertz CT molecular complexity index is 1060. The number of imidazole rings is 1. The second-order valence-corrected chi connectivity index (χ2v) is 7.61.